The average Bonchev–Trinajstić information content (AvgIpc) is 2.80. The van der Waals surface area contributed by atoms with E-state index in [2.05, 4.69) is 70.9 Å². The number of methoxy groups -OCH3 is 1. The van der Waals surface area contributed by atoms with E-state index in [4.69, 9.17) is 4.74 Å². The topological polar surface area (TPSA) is 34.0 Å². The molecule has 146 valence electrons. The van der Waals surface area contributed by atoms with Crippen LogP contribution in [0.25, 0.3) is 0 Å². The molecule has 3 nitrogen and oxygen atoms in total. The Hall–Kier alpha value is -2.85. The molecule has 1 fully saturated rings. The van der Waals surface area contributed by atoms with Gasteiger partial charge in [0, 0.05) is 29.1 Å². The van der Waals surface area contributed by atoms with Gasteiger partial charge in [-0.3, -0.25) is 0 Å². The molecule has 0 bridgehead atoms. The second-order valence-corrected chi connectivity index (χ2v) is 8.44. The van der Waals surface area contributed by atoms with Crippen LogP contribution < -0.4 is 4.74 Å². The van der Waals surface area contributed by atoms with Crippen LogP contribution >= 0.6 is 11.8 Å². The first kappa shape index (κ1) is 19.5. The molecule has 0 radical (unpaired) electrons. The Morgan fingerprint density at radius 3 is 1.86 bits per heavy atom. The maximum Gasteiger partial charge on any atom is 0.118 e. The lowest BCUT2D eigenvalue weighted by Crippen LogP contribution is -2.16. The number of hydrogen-bond acceptors (Lipinski definition) is 4. The molecule has 4 rings (SSSR count). The molecule has 3 aromatic rings. The maximum atomic E-state index is 5.20. The first-order valence-corrected chi connectivity index (χ1v) is 10.7. The highest BCUT2D eigenvalue weighted by atomic mass is 32.2. The molecule has 0 aromatic heterocycles. The van der Waals surface area contributed by atoms with E-state index >= 15 is 0 Å². The van der Waals surface area contributed by atoms with Gasteiger partial charge in [-0.1, -0.05) is 60.7 Å². The maximum absolute atomic E-state index is 5.20. The molecule has 0 amide bonds. The summed E-state index contributed by atoms with van der Waals surface area (Å²) in [7, 11) is 1.67. The predicted molar refractivity (Wildman–Crippen MR) is 123 cm³/mol. The van der Waals surface area contributed by atoms with Gasteiger partial charge >= 0.3 is 0 Å². The van der Waals surface area contributed by atoms with Crippen molar-refractivity contribution in [1.82, 2.24) is 0 Å². The number of benzene rings is 3. The Balaban J connectivity index is 1.55. The van der Waals surface area contributed by atoms with Crippen LogP contribution in [0.2, 0.25) is 0 Å². The van der Waals surface area contributed by atoms with Gasteiger partial charge in [0.25, 0.3) is 0 Å². The van der Waals surface area contributed by atoms with Gasteiger partial charge in [0.05, 0.1) is 13.3 Å². The Morgan fingerprint density at radius 1 is 0.793 bits per heavy atom. The van der Waals surface area contributed by atoms with E-state index in [9.17, 15) is 0 Å². The van der Waals surface area contributed by atoms with Gasteiger partial charge in [-0.15, -0.1) is 11.8 Å². The van der Waals surface area contributed by atoms with Gasteiger partial charge in [0.2, 0.25) is 0 Å². The Morgan fingerprint density at radius 2 is 1.34 bits per heavy atom. The zero-order valence-electron chi connectivity index (χ0n) is 16.4. The lowest BCUT2D eigenvalue weighted by atomic mass is 10.00. The van der Waals surface area contributed by atoms with E-state index in [0.29, 0.717) is 10.5 Å². The van der Waals surface area contributed by atoms with Gasteiger partial charge in [-0.2, -0.15) is 10.2 Å². The summed E-state index contributed by atoms with van der Waals surface area (Å²) >= 11 is 2.03. The highest BCUT2D eigenvalue weighted by molar-refractivity contribution is 7.99. The van der Waals surface area contributed by atoms with Gasteiger partial charge in [0.1, 0.15) is 5.75 Å². The van der Waals surface area contributed by atoms with E-state index in [1.165, 1.54) is 11.1 Å². The number of rotatable bonds is 5. The molecule has 0 spiro atoms. The standard InChI is InChI=1S/C25H24N2OS/c1-28-23-14-12-19(13-15-23)18-26-27-22-16-24(20-8-4-2-5-9-20)29-25(17-22)21-10-6-3-7-11-21/h2-15,18,24-25H,16-17H2,1H3/b26-18+,27-22?/t24-,25+. The SMILES string of the molecule is COc1ccc(/C=N/N=C2C[C@@H](c3ccccc3)S[C@@H](c3ccccc3)C2)cc1. The van der Waals surface area contributed by atoms with Crippen LogP contribution in [-0.2, 0) is 0 Å². The van der Waals surface area contributed by atoms with Gasteiger partial charge < -0.3 is 4.74 Å². The molecule has 0 aliphatic carbocycles. The molecule has 29 heavy (non-hydrogen) atoms. The van der Waals surface area contributed by atoms with E-state index in [1.54, 1.807) is 7.11 Å². The average molecular weight is 401 g/mol. The second kappa shape index (κ2) is 9.57. The minimum atomic E-state index is 0.394. The number of ether oxygens (including phenoxy) is 1. The van der Waals surface area contributed by atoms with Crippen molar-refractivity contribution in [2.45, 2.75) is 23.3 Å². The van der Waals surface area contributed by atoms with Crippen molar-refractivity contribution in [3.8, 4) is 5.75 Å². The first-order valence-electron chi connectivity index (χ1n) is 9.80. The Kier molecular flexibility index (Phi) is 6.42. The molecule has 1 aliphatic heterocycles. The molecular weight excluding hydrogens is 376 g/mol. The minimum Gasteiger partial charge on any atom is -0.497 e. The monoisotopic (exact) mass is 400 g/mol. The van der Waals surface area contributed by atoms with E-state index in [-0.39, 0.29) is 0 Å². The summed E-state index contributed by atoms with van der Waals surface area (Å²) in [4.78, 5) is 0. The number of nitrogens with zero attached hydrogens (tertiary/aromatic N) is 2. The van der Waals surface area contributed by atoms with E-state index in [1.807, 2.05) is 42.2 Å². The van der Waals surface area contributed by atoms with Crippen LogP contribution in [0.3, 0.4) is 0 Å². The number of thioether (sulfide) groups is 1. The molecule has 2 atom stereocenters. The summed E-state index contributed by atoms with van der Waals surface area (Å²) < 4.78 is 5.20. The fourth-order valence-electron chi connectivity index (χ4n) is 3.48. The lowest BCUT2D eigenvalue weighted by Gasteiger charge is -2.30. The zero-order valence-corrected chi connectivity index (χ0v) is 17.3. The predicted octanol–water partition coefficient (Wildman–Crippen LogP) is 6.48. The van der Waals surface area contributed by atoms with Gasteiger partial charge in [0.15, 0.2) is 0 Å². The van der Waals surface area contributed by atoms with Crippen LogP contribution in [0.1, 0.15) is 40.0 Å². The van der Waals surface area contributed by atoms with Crippen LogP contribution in [0.4, 0.5) is 0 Å². The first-order chi connectivity index (χ1) is 14.3. The van der Waals surface area contributed by atoms with Crippen LogP contribution in [-0.4, -0.2) is 19.0 Å². The lowest BCUT2D eigenvalue weighted by molar-refractivity contribution is 0.415. The summed E-state index contributed by atoms with van der Waals surface area (Å²) in [5, 5.41) is 9.79. The Bertz CT molecular complexity index is 919. The molecule has 0 N–H and O–H groups in total. The highest BCUT2D eigenvalue weighted by Gasteiger charge is 2.28. The van der Waals surface area contributed by atoms with Crippen molar-refractivity contribution in [2.24, 2.45) is 10.2 Å². The van der Waals surface area contributed by atoms with Crippen molar-refractivity contribution in [3.05, 3.63) is 102 Å². The summed E-state index contributed by atoms with van der Waals surface area (Å²) in [5.74, 6) is 0.842. The summed E-state index contributed by atoms with van der Waals surface area (Å²) in [6.07, 6.45) is 3.67. The van der Waals surface area contributed by atoms with Gasteiger partial charge in [-0.25, -0.2) is 0 Å². The summed E-state index contributed by atoms with van der Waals surface area (Å²) in [6.45, 7) is 0. The third kappa shape index (κ3) is 5.15. The Labute approximate surface area is 176 Å². The van der Waals surface area contributed by atoms with E-state index in [0.717, 1.165) is 29.9 Å². The molecule has 1 saturated heterocycles. The van der Waals surface area contributed by atoms with Crippen LogP contribution in [0, 0.1) is 0 Å². The fraction of sp³-hybridized carbons (Fsp3) is 0.200. The molecule has 4 heteroatoms. The zero-order chi connectivity index (χ0) is 19.9. The van der Waals surface area contributed by atoms with E-state index < -0.39 is 0 Å². The molecule has 1 aliphatic rings. The molecule has 0 saturated carbocycles. The van der Waals surface area contributed by atoms with Crippen molar-refractivity contribution in [3.63, 3.8) is 0 Å². The third-order valence-corrected chi connectivity index (χ3v) is 6.57. The van der Waals surface area contributed by atoms with Crippen molar-refractivity contribution >= 4 is 23.7 Å². The third-order valence-electron chi connectivity index (χ3n) is 5.04. The quantitative estimate of drug-likeness (QED) is 0.363. The molecule has 0 unspecified atom stereocenters. The minimum absolute atomic E-state index is 0.394. The van der Waals surface area contributed by atoms with Crippen molar-refractivity contribution < 1.29 is 4.74 Å². The molecule has 1 heterocycles. The largest absolute Gasteiger partial charge is 0.497 e. The van der Waals surface area contributed by atoms with Gasteiger partial charge in [-0.05, 0) is 41.0 Å². The van der Waals surface area contributed by atoms with Crippen molar-refractivity contribution in [1.29, 1.82) is 0 Å². The van der Waals surface area contributed by atoms with Crippen LogP contribution in [0.5, 0.6) is 5.75 Å². The number of hydrogen-bond donors (Lipinski definition) is 0. The smallest absolute Gasteiger partial charge is 0.118 e. The molecular formula is C25H24N2OS. The second-order valence-electron chi connectivity index (χ2n) is 7.03. The van der Waals surface area contributed by atoms with Crippen molar-refractivity contribution in [2.75, 3.05) is 7.11 Å². The fourth-order valence-corrected chi connectivity index (χ4v) is 5.09. The normalized spacial score (nSPS) is 20.8. The van der Waals surface area contributed by atoms with Crippen LogP contribution in [0.15, 0.2) is 95.1 Å². The highest BCUT2D eigenvalue weighted by Crippen LogP contribution is 2.49. The summed E-state index contributed by atoms with van der Waals surface area (Å²) in [6, 6.07) is 29.3. The summed E-state index contributed by atoms with van der Waals surface area (Å²) in [5.41, 5.74) is 4.87. The molecule has 3 aromatic carbocycles.